The molecule has 0 aromatic heterocycles. The number of nitrogens with zero attached hydrogens (tertiary/aromatic N) is 1. The third-order valence-electron chi connectivity index (χ3n) is 2.36. The fourth-order valence-electron chi connectivity index (χ4n) is 1.35. The molecule has 0 aliphatic heterocycles. The highest BCUT2D eigenvalue weighted by Gasteiger charge is 2.18. The molecule has 0 saturated carbocycles. The molecule has 0 fully saturated rings. The molecule has 0 bridgehead atoms. The quantitative estimate of drug-likeness (QED) is 0.569. The Morgan fingerprint density at radius 2 is 1.95 bits per heavy atom. The van der Waals surface area contributed by atoms with Crippen LogP contribution in [0.5, 0.6) is 0 Å². The molecule has 0 aliphatic rings. The van der Waals surface area contributed by atoms with Gasteiger partial charge in [-0.25, -0.2) is 4.79 Å². The monoisotopic (exact) mass is 276 g/mol. The molecule has 0 heterocycles. The largest absolute Gasteiger partial charge is 0.480 e. The molecular weight excluding hydrogens is 252 g/mol. The molecule has 0 atom stereocenters. The number of hydrogen-bond donors (Lipinski definition) is 2. The molecule has 0 aromatic rings. The summed E-state index contributed by atoms with van der Waals surface area (Å²) in [7, 11) is 1.60. The van der Waals surface area contributed by atoms with Crippen molar-refractivity contribution in [1.29, 1.82) is 0 Å². The maximum atomic E-state index is 11.7. The van der Waals surface area contributed by atoms with Crippen molar-refractivity contribution in [1.82, 2.24) is 10.2 Å². The lowest BCUT2D eigenvalue weighted by Crippen LogP contribution is -2.46. The Hall–Kier alpha value is -1.34. The van der Waals surface area contributed by atoms with E-state index in [4.69, 9.17) is 14.6 Å². The zero-order valence-electron chi connectivity index (χ0n) is 11.8. The highest BCUT2D eigenvalue weighted by molar-refractivity contribution is 5.80. The van der Waals surface area contributed by atoms with Crippen molar-refractivity contribution in [2.75, 3.05) is 40.0 Å². The van der Waals surface area contributed by atoms with Gasteiger partial charge in [-0.05, 0) is 20.3 Å². The standard InChI is InChI=1S/C12H24N2O5/c1-10(2)14(9-11(15)16)12(17)13-5-4-6-19-8-7-18-3/h10H,4-9H2,1-3H3,(H,13,17)(H,15,16). The van der Waals surface area contributed by atoms with Crippen molar-refractivity contribution in [3.63, 3.8) is 0 Å². The highest BCUT2D eigenvalue weighted by Crippen LogP contribution is 1.98. The lowest BCUT2D eigenvalue weighted by atomic mass is 10.3. The van der Waals surface area contributed by atoms with Gasteiger partial charge >= 0.3 is 12.0 Å². The van der Waals surface area contributed by atoms with Crippen molar-refractivity contribution in [2.45, 2.75) is 26.3 Å². The average molecular weight is 276 g/mol. The number of carbonyl (C=O) groups excluding carboxylic acids is 1. The van der Waals surface area contributed by atoms with E-state index >= 15 is 0 Å². The van der Waals surface area contributed by atoms with Crippen LogP contribution in [0.2, 0.25) is 0 Å². The van der Waals surface area contributed by atoms with Gasteiger partial charge in [-0.15, -0.1) is 0 Å². The number of hydrogen-bond acceptors (Lipinski definition) is 4. The average Bonchev–Trinajstić information content (AvgIpc) is 2.34. The lowest BCUT2D eigenvalue weighted by molar-refractivity contribution is -0.138. The number of nitrogens with one attached hydrogen (secondary N) is 1. The maximum absolute atomic E-state index is 11.7. The van der Waals surface area contributed by atoms with Gasteiger partial charge in [0.15, 0.2) is 0 Å². The predicted molar refractivity (Wildman–Crippen MR) is 70.2 cm³/mol. The van der Waals surface area contributed by atoms with Crippen LogP contribution in [0.1, 0.15) is 20.3 Å². The van der Waals surface area contributed by atoms with Crippen LogP contribution in [-0.2, 0) is 14.3 Å². The van der Waals surface area contributed by atoms with E-state index in [0.29, 0.717) is 32.8 Å². The van der Waals surface area contributed by atoms with Crippen LogP contribution in [-0.4, -0.2) is 68.1 Å². The number of carboxylic acids is 1. The summed E-state index contributed by atoms with van der Waals surface area (Å²) < 4.78 is 10.1. The summed E-state index contributed by atoms with van der Waals surface area (Å²) in [5.74, 6) is -1.02. The summed E-state index contributed by atoms with van der Waals surface area (Å²) in [6, 6.07) is -0.525. The second kappa shape index (κ2) is 10.6. The number of ether oxygens (including phenoxy) is 2. The van der Waals surface area contributed by atoms with E-state index in [1.54, 1.807) is 21.0 Å². The van der Waals surface area contributed by atoms with Gasteiger partial charge in [-0.3, -0.25) is 4.79 Å². The van der Waals surface area contributed by atoms with Crippen molar-refractivity contribution in [2.24, 2.45) is 0 Å². The fourth-order valence-corrected chi connectivity index (χ4v) is 1.35. The Kier molecular flexibility index (Phi) is 9.82. The summed E-state index contributed by atoms with van der Waals surface area (Å²) >= 11 is 0. The molecular formula is C12H24N2O5. The first kappa shape index (κ1) is 17.7. The first-order valence-electron chi connectivity index (χ1n) is 6.32. The van der Waals surface area contributed by atoms with Crippen molar-refractivity contribution >= 4 is 12.0 Å². The van der Waals surface area contributed by atoms with Crippen LogP contribution >= 0.6 is 0 Å². The van der Waals surface area contributed by atoms with E-state index in [0.717, 1.165) is 0 Å². The van der Waals surface area contributed by atoms with Crippen molar-refractivity contribution < 1.29 is 24.2 Å². The Bertz CT molecular complexity index is 271. The smallest absolute Gasteiger partial charge is 0.323 e. The molecule has 2 N–H and O–H groups in total. The van der Waals surface area contributed by atoms with E-state index in [2.05, 4.69) is 5.32 Å². The van der Waals surface area contributed by atoms with Gasteiger partial charge in [-0.2, -0.15) is 0 Å². The molecule has 0 rings (SSSR count). The zero-order valence-corrected chi connectivity index (χ0v) is 11.8. The van der Waals surface area contributed by atoms with Gasteiger partial charge in [0.1, 0.15) is 6.54 Å². The third-order valence-corrected chi connectivity index (χ3v) is 2.36. The second-order valence-electron chi connectivity index (χ2n) is 4.31. The number of methoxy groups -OCH3 is 1. The maximum Gasteiger partial charge on any atom is 0.323 e. The summed E-state index contributed by atoms with van der Waals surface area (Å²) in [6.45, 7) is 5.31. The Morgan fingerprint density at radius 3 is 2.47 bits per heavy atom. The summed E-state index contributed by atoms with van der Waals surface area (Å²) in [4.78, 5) is 23.7. The van der Waals surface area contributed by atoms with Crippen LogP contribution in [0.15, 0.2) is 0 Å². The summed E-state index contributed by atoms with van der Waals surface area (Å²) in [5.41, 5.74) is 0. The number of rotatable bonds is 10. The minimum Gasteiger partial charge on any atom is -0.480 e. The van der Waals surface area contributed by atoms with Gasteiger partial charge in [-0.1, -0.05) is 0 Å². The normalized spacial score (nSPS) is 10.5. The molecule has 112 valence electrons. The molecule has 0 spiro atoms. The van der Waals surface area contributed by atoms with Crippen molar-refractivity contribution in [3.05, 3.63) is 0 Å². The SMILES string of the molecule is COCCOCCCNC(=O)N(CC(=O)O)C(C)C. The molecule has 19 heavy (non-hydrogen) atoms. The van der Waals surface area contributed by atoms with Gasteiger partial charge in [0.25, 0.3) is 0 Å². The second-order valence-corrected chi connectivity index (χ2v) is 4.31. The topological polar surface area (TPSA) is 88.1 Å². The minimum atomic E-state index is -1.02. The summed E-state index contributed by atoms with van der Waals surface area (Å²) in [6.07, 6.45) is 0.675. The molecule has 0 radical (unpaired) electrons. The molecule has 7 heteroatoms. The number of amides is 2. The number of carboxylic acid groups (broad SMARTS) is 1. The van der Waals surface area contributed by atoms with Crippen LogP contribution in [0.3, 0.4) is 0 Å². The van der Waals surface area contributed by atoms with E-state index in [-0.39, 0.29) is 18.6 Å². The fraction of sp³-hybridized carbons (Fsp3) is 0.833. The van der Waals surface area contributed by atoms with Crippen LogP contribution in [0.4, 0.5) is 4.79 Å². The lowest BCUT2D eigenvalue weighted by Gasteiger charge is -2.25. The molecule has 0 saturated heterocycles. The van der Waals surface area contributed by atoms with Gasteiger partial charge < -0.3 is 24.8 Å². The van der Waals surface area contributed by atoms with E-state index in [9.17, 15) is 9.59 Å². The third kappa shape index (κ3) is 9.26. The number of urea groups is 1. The van der Waals surface area contributed by atoms with Crippen LogP contribution in [0.25, 0.3) is 0 Å². The molecule has 2 amide bonds. The van der Waals surface area contributed by atoms with E-state index in [1.165, 1.54) is 4.90 Å². The zero-order chi connectivity index (χ0) is 14.7. The Labute approximate surface area is 113 Å². The van der Waals surface area contributed by atoms with Crippen LogP contribution < -0.4 is 5.32 Å². The van der Waals surface area contributed by atoms with Crippen LogP contribution in [0, 0.1) is 0 Å². The number of carbonyl (C=O) groups is 2. The summed E-state index contributed by atoms with van der Waals surface area (Å²) in [5, 5.41) is 11.4. The van der Waals surface area contributed by atoms with Crippen molar-refractivity contribution in [3.8, 4) is 0 Å². The Morgan fingerprint density at radius 1 is 1.26 bits per heavy atom. The van der Waals surface area contributed by atoms with Gasteiger partial charge in [0, 0.05) is 26.3 Å². The Balaban J connectivity index is 3.78. The first-order chi connectivity index (χ1) is 8.99. The molecule has 0 unspecified atom stereocenters. The first-order valence-corrected chi connectivity index (χ1v) is 6.32. The van der Waals surface area contributed by atoms with Gasteiger partial charge in [0.2, 0.25) is 0 Å². The minimum absolute atomic E-state index is 0.158. The highest BCUT2D eigenvalue weighted by atomic mass is 16.5. The molecule has 0 aliphatic carbocycles. The van der Waals surface area contributed by atoms with E-state index in [1.807, 2.05) is 0 Å². The molecule has 0 aromatic carbocycles. The van der Waals surface area contributed by atoms with E-state index < -0.39 is 5.97 Å². The number of aliphatic carboxylic acids is 1. The molecule has 7 nitrogen and oxygen atoms in total. The predicted octanol–water partition coefficient (Wildman–Crippen LogP) is 0.544. The van der Waals surface area contributed by atoms with Gasteiger partial charge in [0.05, 0.1) is 13.2 Å².